The molecule has 0 bridgehead atoms. The SMILES string of the molecule is NCC1(CCS(=O)[O-])CC1. The first kappa shape index (κ1) is 8.17. The minimum absolute atomic E-state index is 0.208. The summed E-state index contributed by atoms with van der Waals surface area (Å²) in [6, 6.07) is 0. The van der Waals surface area contributed by atoms with E-state index in [9.17, 15) is 8.76 Å². The molecule has 10 heavy (non-hydrogen) atoms. The van der Waals surface area contributed by atoms with E-state index < -0.39 is 11.1 Å². The van der Waals surface area contributed by atoms with Crippen LogP contribution < -0.4 is 5.73 Å². The zero-order valence-corrected chi connectivity index (χ0v) is 6.65. The first-order valence-electron chi connectivity index (χ1n) is 3.44. The van der Waals surface area contributed by atoms with Gasteiger partial charge in [0.25, 0.3) is 0 Å². The highest BCUT2D eigenvalue weighted by Crippen LogP contribution is 2.47. The standard InChI is InChI=1S/C6H13NO2S/c7-5-6(1-2-6)3-4-10(8)9/h1-5,7H2,(H,8,9)/p-1. The van der Waals surface area contributed by atoms with Gasteiger partial charge in [-0.15, -0.1) is 0 Å². The molecule has 0 aromatic heterocycles. The molecule has 0 aromatic rings. The van der Waals surface area contributed by atoms with Crippen LogP contribution in [0.4, 0.5) is 0 Å². The largest absolute Gasteiger partial charge is 0.772 e. The third-order valence-electron chi connectivity index (χ3n) is 2.19. The molecule has 60 valence electrons. The lowest BCUT2D eigenvalue weighted by atomic mass is 10.1. The van der Waals surface area contributed by atoms with Crippen molar-refractivity contribution in [1.29, 1.82) is 0 Å². The number of nitrogens with two attached hydrogens (primary N) is 1. The molecule has 1 fully saturated rings. The monoisotopic (exact) mass is 162 g/mol. The minimum Gasteiger partial charge on any atom is -0.772 e. The van der Waals surface area contributed by atoms with Crippen molar-refractivity contribution in [3.8, 4) is 0 Å². The van der Waals surface area contributed by atoms with E-state index in [-0.39, 0.29) is 11.2 Å². The minimum atomic E-state index is -1.88. The van der Waals surface area contributed by atoms with Crippen molar-refractivity contribution < 1.29 is 8.76 Å². The lowest BCUT2D eigenvalue weighted by molar-refractivity contribution is 0.486. The molecule has 1 unspecified atom stereocenters. The Morgan fingerprint density at radius 3 is 2.50 bits per heavy atom. The van der Waals surface area contributed by atoms with Crippen LogP contribution in [0.2, 0.25) is 0 Å². The van der Waals surface area contributed by atoms with Crippen LogP contribution in [0.3, 0.4) is 0 Å². The van der Waals surface area contributed by atoms with Gasteiger partial charge in [0.15, 0.2) is 0 Å². The van der Waals surface area contributed by atoms with Crippen molar-refractivity contribution in [2.24, 2.45) is 11.1 Å². The van der Waals surface area contributed by atoms with Gasteiger partial charge in [0, 0.05) is 5.75 Å². The summed E-state index contributed by atoms with van der Waals surface area (Å²) in [6.07, 6.45) is 2.97. The smallest absolute Gasteiger partial charge is 0.0107 e. The van der Waals surface area contributed by atoms with Gasteiger partial charge in [-0.1, -0.05) is 11.1 Å². The Labute approximate surface area is 63.3 Å². The second kappa shape index (κ2) is 2.98. The molecule has 0 aliphatic heterocycles. The Morgan fingerprint density at radius 2 is 2.20 bits per heavy atom. The fourth-order valence-electron chi connectivity index (χ4n) is 1.03. The van der Waals surface area contributed by atoms with E-state index in [1.807, 2.05) is 0 Å². The van der Waals surface area contributed by atoms with Crippen LogP contribution in [-0.4, -0.2) is 21.1 Å². The molecule has 1 aliphatic carbocycles. The van der Waals surface area contributed by atoms with Crippen molar-refractivity contribution >= 4 is 11.1 Å². The second-order valence-corrected chi connectivity index (χ2v) is 3.98. The Bertz CT molecular complexity index is 145. The van der Waals surface area contributed by atoms with Gasteiger partial charge in [0.05, 0.1) is 0 Å². The molecule has 4 heteroatoms. The van der Waals surface area contributed by atoms with Gasteiger partial charge in [-0.2, -0.15) is 0 Å². The van der Waals surface area contributed by atoms with Gasteiger partial charge in [0.1, 0.15) is 0 Å². The summed E-state index contributed by atoms with van der Waals surface area (Å²) in [5, 5.41) is 0. The van der Waals surface area contributed by atoms with Gasteiger partial charge < -0.3 is 10.3 Å². The quantitative estimate of drug-likeness (QED) is 0.591. The molecule has 0 spiro atoms. The van der Waals surface area contributed by atoms with Gasteiger partial charge in [-0.3, -0.25) is 4.21 Å². The first-order chi connectivity index (χ1) is 4.68. The van der Waals surface area contributed by atoms with Crippen LogP contribution in [-0.2, 0) is 11.1 Å². The molecule has 0 aromatic carbocycles. The molecule has 0 amide bonds. The molecule has 0 heterocycles. The predicted octanol–water partition coefficient (Wildman–Crippen LogP) is -0.00550. The van der Waals surface area contributed by atoms with E-state index in [1.165, 1.54) is 0 Å². The molecule has 0 saturated heterocycles. The number of rotatable bonds is 4. The third kappa shape index (κ3) is 2.04. The zero-order valence-electron chi connectivity index (χ0n) is 5.84. The fourth-order valence-corrected chi connectivity index (χ4v) is 1.63. The summed E-state index contributed by atoms with van der Waals surface area (Å²) in [7, 11) is 0. The van der Waals surface area contributed by atoms with Crippen LogP contribution in [0, 0.1) is 5.41 Å². The van der Waals surface area contributed by atoms with Crippen LogP contribution in [0.1, 0.15) is 19.3 Å². The fraction of sp³-hybridized carbons (Fsp3) is 1.00. The maximum Gasteiger partial charge on any atom is 0.0107 e. The molecular weight excluding hydrogens is 150 g/mol. The highest BCUT2D eigenvalue weighted by Gasteiger charge is 2.40. The Hall–Kier alpha value is 0.0700. The molecule has 1 atom stereocenters. The topological polar surface area (TPSA) is 66.2 Å². The molecule has 1 rings (SSSR count). The predicted molar refractivity (Wildman–Crippen MR) is 39.1 cm³/mol. The van der Waals surface area contributed by atoms with E-state index >= 15 is 0 Å². The molecular formula is C6H12NO2S-. The van der Waals surface area contributed by atoms with Gasteiger partial charge in [0.2, 0.25) is 0 Å². The van der Waals surface area contributed by atoms with Crippen LogP contribution in [0.5, 0.6) is 0 Å². The van der Waals surface area contributed by atoms with Gasteiger partial charge >= 0.3 is 0 Å². The number of hydrogen-bond acceptors (Lipinski definition) is 3. The normalized spacial score (nSPS) is 24.2. The van der Waals surface area contributed by atoms with E-state index in [2.05, 4.69) is 0 Å². The summed E-state index contributed by atoms with van der Waals surface area (Å²) >= 11 is -1.88. The number of hydrogen-bond donors (Lipinski definition) is 1. The van der Waals surface area contributed by atoms with Crippen LogP contribution in [0.25, 0.3) is 0 Å². The van der Waals surface area contributed by atoms with E-state index in [0.29, 0.717) is 6.54 Å². The average molecular weight is 162 g/mol. The van der Waals surface area contributed by atoms with Crippen LogP contribution >= 0.6 is 0 Å². The zero-order chi connectivity index (χ0) is 7.61. The maximum atomic E-state index is 10.1. The van der Waals surface area contributed by atoms with E-state index in [4.69, 9.17) is 5.73 Å². The van der Waals surface area contributed by atoms with E-state index in [1.54, 1.807) is 0 Å². The molecule has 1 aliphatic rings. The summed E-state index contributed by atoms with van der Waals surface area (Å²) in [5.74, 6) is 0.275. The molecule has 3 nitrogen and oxygen atoms in total. The molecule has 0 radical (unpaired) electrons. The third-order valence-corrected chi connectivity index (χ3v) is 2.73. The summed E-state index contributed by atoms with van der Waals surface area (Å²) in [5.41, 5.74) is 5.66. The van der Waals surface area contributed by atoms with Crippen molar-refractivity contribution in [2.75, 3.05) is 12.3 Å². The maximum absolute atomic E-state index is 10.1. The van der Waals surface area contributed by atoms with Gasteiger partial charge in [-0.25, -0.2) is 0 Å². The van der Waals surface area contributed by atoms with Crippen molar-refractivity contribution in [2.45, 2.75) is 19.3 Å². The van der Waals surface area contributed by atoms with Gasteiger partial charge in [-0.05, 0) is 31.2 Å². The van der Waals surface area contributed by atoms with Crippen molar-refractivity contribution in [3.05, 3.63) is 0 Å². The van der Waals surface area contributed by atoms with E-state index in [0.717, 1.165) is 19.3 Å². The first-order valence-corrected chi connectivity index (χ1v) is 4.69. The Kier molecular flexibility index (Phi) is 2.44. The van der Waals surface area contributed by atoms with Crippen molar-refractivity contribution in [1.82, 2.24) is 0 Å². The summed E-state index contributed by atoms with van der Waals surface area (Å²) < 4.78 is 20.3. The molecule has 2 N–H and O–H groups in total. The lowest BCUT2D eigenvalue weighted by Gasteiger charge is -2.12. The molecule has 1 saturated carbocycles. The lowest BCUT2D eigenvalue weighted by Crippen LogP contribution is -2.17. The average Bonchev–Trinajstić information content (AvgIpc) is 2.64. The van der Waals surface area contributed by atoms with Crippen LogP contribution in [0.15, 0.2) is 0 Å². The second-order valence-electron chi connectivity index (χ2n) is 2.96. The summed E-state index contributed by atoms with van der Waals surface area (Å²) in [4.78, 5) is 0. The highest BCUT2D eigenvalue weighted by atomic mass is 32.2. The summed E-state index contributed by atoms with van der Waals surface area (Å²) in [6.45, 7) is 0.643. The highest BCUT2D eigenvalue weighted by molar-refractivity contribution is 7.79. The van der Waals surface area contributed by atoms with Crippen molar-refractivity contribution in [3.63, 3.8) is 0 Å². The Morgan fingerprint density at radius 1 is 1.60 bits per heavy atom. The Balaban J connectivity index is 2.19.